The summed E-state index contributed by atoms with van der Waals surface area (Å²) in [6.45, 7) is 0.353. The predicted octanol–water partition coefficient (Wildman–Crippen LogP) is 7.92. The maximum absolute atomic E-state index is 12.5. The van der Waals surface area contributed by atoms with Crippen LogP contribution < -0.4 is 10.1 Å². The van der Waals surface area contributed by atoms with Gasteiger partial charge in [0.2, 0.25) is 0 Å². The number of hydrogen-bond donors (Lipinski definition) is 1. The summed E-state index contributed by atoms with van der Waals surface area (Å²) in [5.41, 5.74) is 1.97. The highest BCUT2D eigenvalue weighted by atomic mass is 35.5. The number of benzene rings is 4. The summed E-state index contributed by atoms with van der Waals surface area (Å²) in [6.07, 6.45) is 1.45. The fraction of sp³-hybridized carbons (Fsp3) is 0.0370. The molecule has 0 saturated heterocycles. The number of ether oxygens (including phenoxy) is 1. The first kappa shape index (κ1) is 23.7. The lowest BCUT2D eigenvalue weighted by molar-refractivity contribution is -0.112. The van der Waals surface area contributed by atoms with Gasteiger partial charge in [-0.15, -0.1) is 0 Å². The first-order valence-electron chi connectivity index (χ1n) is 10.2. The Bertz CT molecular complexity index is 1450. The van der Waals surface area contributed by atoms with Crippen LogP contribution in [0.4, 0.5) is 5.69 Å². The van der Waals surface area contributed by atoms with Gasteiger partial charge in [-0.3, -0.25) is 4.79 Å². The number of rotatable bonds is 6. The number of carbonyl (C=O) groups excluding carboxylic acids is 1. The molecular weight excluding hydrogens is 491 g/mol. The first-order chi connectivity index (χ1) is 16.4. The lowest BCUT2D eigenvalue weighted by atomic mass is 10.1. The maximum atomic E-state index is 12.5. The van der Waals surface area contributed by atoms with Crippen molar-refractivity contribution in [3.05, 3.63) is 111 Å². The van der Waals surface area contributed by atoms with Crippen LogP contribution in [0.5, 0.6) is 5.75 Å². The summed E-state index contributed by atoms with van der Waals surface area (Å²) in [7, 11) is 0. The monoisotopic (exact) mass is 506 g/mol. The van der Waals surface area contributed by atoms with E-state index in [9.17, 15) is 10.1 Å². The van der Waals surface area contributed by atoms with E-state index < -0.39 is 5.91 Å². The smallest absolute Gasteiger partial charge is 0.266 e. The van der Waals surface area contributed by atoms with Gasteiger partial charge in [-0.25, -0.2) is 0 Å². The molecule has 7 heteroatoms. The van der Waals surface area contributed by atoms with Gasteiger partial charge in [0.1, 0.15) is 24.0 Å². The molecule has 4 aromatic rings. The number of carbonyl (C=O) groups is 1. The Labute approximate surface area is 211 Å². The summed E-state index contributed by atoms with van der Waals surface area (Å²) < 4.78 is 5.94. The molecule has 4 rings (SSSR count). The lowest BCUT2D eigenvalue weighted by Crippen LogP contribution is -2.13. The molecule has 0 atom stereocenters. The number of nitriles is 1. The van der Waals surface area contributed by atoms with Crippen molar-refractivity contribution in [1.29, 1.82) is 5.26 Å². The molecule has 1 amide bonds. The molecule has 0 aliphatic carbocycles. The molecule has 0 bridgehead atoms. The van der Waals surface area contributed by atoms with E-state index in [4.69, 9.17) is 39.5 Å². The van der Waals surface area contributed by atoms with E-state index in [0.717, 1.165) is 16.3 Å². The first-order valence-corrected chi connectivity index (χ1v) is 11.3. The van der Waals surface area contributed by atoms with Crippen LogP contribution in [0.3, 0.4) is 0 Å². The third kappa shape index (κ3) is 5.52. The number of anilines is 1. The minimum Gasteiger partial charge on any atom is -0.487 e. The third-order valence-corrected chi connectivity index (χ3v) is 6.11. The molecule has 1 N–H and O–H groups in total. The van der Waals surface area contributed by atoms with Crippen LogP contribution in [0, 0.1) is 11.3 Å². The molecular formula is C27H17Cl3N2O2. The largest absolute Gasteiger partial charge is 0.487 e. The fourth-order valence-electron chi connectivity index (χ4n) is 3.39. The number of amides is 1. The molecule has 0 unspecified atom stereocenters. The Balaban J connectivity index is 1.48. The second-order valence-corrected chi connectivity index (χ2v) is 8.59. The molecule has 168 valence electrons. The average molecular weight is 508 g/mol. The zero-order chi connectivity index (χ0) is 24.1. The zero-order valence-electron chi connectivity index (χ0n) is 17.7. The second kappa shape index (κ2) is 10.6. The Morgan fingerprint density at radius 3 is 2.47 bits per heavy atom. The quantitative estimate of drug-likeness (QED) is 0.213. The minimum absolute atomic E-state index is 0.0911. The number of nitrogens with one attached hydrogen (secondary N) is 1. The zero-order valence-corrected chi connectivity index (χ0v) is 20.0. The summed E-state index contributed by atoms with van der Waals surface area (Å²) in [5.74, 6) is -0.0705. The van der Waals surface area contributed by atoms with Crippen LogP contribution >= 0.6 is 34.8 Å². The van der Waals surface area contributed by atoms with Crippen molar-refractivity contribution >= 4 is 63.2 Å². The number of fused-ring (bicyclic) bond motifs is 1. The molecule has 0 fully saturated rings. The van der Waals surface area contributed by atoms with Crippen molar-refractivity contribution in [2.75, 3.05) is 5.32 Å². The highest BCUT2D eigenvalue weighted by Crippen LogP contribution is 2.29. The standard InChI is InChI=1S/C27H17Cl3N2O2/c28-23-10-9-21(14-24(23)29)32-27(33)20(15-31)12-17-8-11-26(25(30)13-17)34-16-19-6-3-5-18-4-1-2-7-22(18)19/h1-14H,16H2,(H,32,33)/b20-12+. The van der Waals surface area contributed by atoms with Crippen molar-refractivity contribution < 1.29 is 9.53 Å². The van der Waals surface area contributed by atoms with Gasteiger partial charge in [0.25, 0.3) is 5.91 Å². The number of halogens is 3. The molecule has 34 heavy (non-hydrogen) atoms. The van der Waals surface area contributed by atoms with Crippen molar-refractivity contribution in [3.63, 3.8) is 0 Å². The van der Waals surface area contributed by atoms with E-state index in [1.54, 1.807) is 30.3 Å². The fourth-order valence-corrected chi connectivity index (χ4v) is 3.93. The lowest BCUT2D eigenvalue weighted by Gasteiger charge is -2.11. The van der Waals surface area contributed by atoms with Gasteiger partial charge < -0.3 is 10.1 Å². The molecule has 0 aromatic heterocycles. The van der Waals surface area contributed by atoms with Gasteiger partial charge in [-0.05, 0) is 58.3 Å². The summed E-state index contributed by atoms with van der Waals surface area (Å²) in [5, 5.41) is 15.4. The van der Waals surface area contributed by atoms with Crippen LogP contribution in [-0.4, -0.2) is 5.91 Å². The van der Waals surface area contributed by atoms with Gasteiger partial charge in [0.15, 0.2) is 0 Å². The molecule has 0 saturated carbocycles. The van der Waals surface area contributed by atoms with Crippen LogP contribution in [0.25, 0.3) is 16.8 Å². The van der Waals surface area contributed by atoms with Gasteiger partial charge in [-0.1, -0.05) is 83.3 Å². The molecule has 0 aliphatic heterocycles. The van der Waals surface area contributed by atoms with E-state index in [2.05, 4.69) is 23.5 Å². The SMILES string of the molecule is N#C/C(=C\c1ccc(OCc2cccc3ccccc23)c(Cl)c1)C(=O)Nc1ccc(Cl)c(Cl)c1. The van der Waals surface area contributed by atoms with Crippen LogP contribution in [0.2, 0.25) is 15.1 Å². The van der Waals surface area contributed by atoms with E-state index in [0.29, 0.717) is 38.7 Å². The summed E-state index contributed by atoms with van der Waals surface area (Å²) >= 11 is 18.3. The molecule has 4 nitrogen and oxygen atoms in total. The van der Waals surface area contributed by atoms with Gasteiger partial charge >= 0.3 is 0 Å². The van der Waals surface area contributed by atoms with Gasteiger partial charge in [0.05, 0.1) is 15.1 Å². The topological polar surface area (TPSA) is 62.1 Å². The van der Waals surface area contributed by atoms with E-state index in [-0.39, 0.29) is 5.57 Å². The van der Waals surface area contributed by atoms with Gasteiger partial charge in [-0.2, -0.15) is 5.26 Å². The van der Waals surface area contributed by atoms with Crippen LogP contribution in [0.1, 0.15) is 11.1 Å². The molecule has 0 heterocycles. The molecule has 0 aliphatic rings. The Morgan fingerprint density at radius 1 is 0.912 bits per heavy atom. The average Bonchev–Trinajstić information content (AvgIpc) is 2.84. The van der Waals surface area contributed by atoms with Crippen molar-refractivity contribution in [3.8, 4) is 11.8 Å². The molecule has 4 aromatic carbocycles. The Kier molecular flexibility index (Phi) is 7.40. The van der Waals surface area contributed by atoms with E-state index in [1.807, 2.05) is 30.3 Å². The van der Waals surface area contributed by atoms with E-state index in [1.165, 1.54) is 12.1 Å². The van der Waals surface area contributed by atoms with Crippen molar-refractivity contribution in [2.24, 2.45) is 0 Å². The van der Waals surface area contributed by atoms with Gasteiger partial charge in [0, 0.05) is 5.69 Å². The Hall–Kier alpha value is -3.49. The van der Waals surface area contributed by atoms with Crippen LogP contribution in [-0.2, 0) is 11.4 Å². The maximum Gasteiger partial charge on any atom is 0.266 e. The summed E-state index contributed by atoms with van der Waals surface area (Å²) in [4.78, 5) is 12.5. The molecule has 0 radical (unpaired) electrons. The van der Waals surface area contributed by atoms with Crippen LogP contribution in [0.15, 0.2) is 84.4 Å². The second-order valence-electron chi connectivity index (χ2n) is 7.37. The van der Waals surface area contributed by atoms with Crippen molar-refractivity contribution in [1.82, 2.24) is 0 Å². The predicted molar refractivity (Wildman–Crippen MR) is 138 cm³/mol. The summed E-state index contributed by atoms with van der Waals surface area (Å²) in [6, 6.07) is 25.8. The normalized spacial score (nSPS) is 11.2. The number of hydrogen-bond acceptors (Lipinski definition) is 3. The third-order valence-electron chi connectivity index (χ3n) is 5.07. The van der Waals surface area contributed by atoms with E-state index >= 15 is 0 Å². The number of nitrogens with zero attached hydrogens (tertiary/aromatic N) is 1. The van der Waals surface area contributed by atoms with Crippen molar-refractivity contribution in [2.45, 2.75) is 6.61 Å². The molecule has 0 spiro atoms. The Morgan fingerprint density at radius 2 is 1.71 bits per heavy atom. The highest BCUT2D eigenvalue weighted by Gasteiger charge is 2.12. The highest BCUT2D eigenvalue weighted by molar-refractivity contribution is 6.42. The minimum atomic E-state index is -0.576.